The molecule has 1 unspecified atom stereocenters. The van der Waals surface area contributed by atoms with Crippen molar-refractivity contribution >= 4 is 29.9 Å². The van der Waals surface area contributed by atoms with Gasteiger partial charge in [0.25, 0.3) is 0 Å². The van der Waals surface area contributed by atoms with Gasteiger partial charge in [-0.25, -0.2) is 0 Å². The van der Waals surface area contributed by atoms with E-state index in [0.29, 0.717) is 12.0 Å². The normalized spacial score (nSPS) is 16.2. The molecule has 0 aromatic carbocycles. The van der Waals surface area contributed by atoms with E-state index in [1.54, 1.807) is 0 Å². The Kier molecular flexibility index (Phi) is 14.1. The minimum absolute atomic E-state index is 0. The topological polar surface area (TPSA) is 48.9 Å². The maximum Gasteiger partial charge on any atom is 0.191 e. The van der Waals surface area contributed by atoms with E-state index in [9.17, 15) is 0 Å². The highest BCUT2D eigenvalue weighted by Crippen LogP contribution is 2.28. The van der Waals surface area contributed by atoms with Crippen LogP contribution >= 0.6 is 24.0 Å². The van der Waals surface area contributed by atoms with Crippen LogP contribution in [0.5, 0.6) is 0 Å². The monoisotopic (exact) mass is 454 g/mol. The minimum atomic E-state index is 0. The lowest BCUT2D eigenvalue weighted by Crippen LogP contribution is -2.48. The second kappa shape index (κ2) is 14.1. The Labute approximate surface area is 166 Å². The van der Waals surface area contributed by atoms with E-state index in [4.69, 9.17) is 4.74 Å². The van der Waals surface area contributed by atoms with Crippen LogP contribution in [0.15, 0.2) is 4.99 Å². The molecular weight excluding hydrogens is 415 g/mol. The van der Waals surface area contributed by atoms with Gasteiger partial charge in [-0.05, 0) is 45.2 Å². The molecule has 0 aliphatic heterocycles. The average molecular weight is 454 g/mol. The smallest absolute Gasteiger partial charge is 0.191 e. The van der Waals surface area contributed by atoms with Crippen LogP contribution < -0.4 is 10.6 Å². The molecule has 1 atom stereocenters. The van der Waals surface area contributed by atoms with Crippen LogP contribution in [0.2, 0.25) is 0 Å². The van der Waals surface area contributed by atoms with E-state index in [1.165, 1.54) is 25.7 Å². The van der Waals surface area contributed by atoms with Crippen molar-refractivity contribution in [3.05, 3.63) is 0 Å². The van der Waals surface area contributed by atoms with Crippen molar-refractivity contribution in [3.63, 3.8) is 0 Å². The van der Waals surface area contributed by atoms with Crippen LogP contribution in [-0.4, -0.2) is 64.3 Å². The van der Waals surface area contributed by atoms with E-state index in [1.807, 2.05) is 7.05 Å². The van der Waals surface area contributed by atoms with E-state index < -0.39 is 0 Å². The fourth-order valence-electron chi connectivity index (χ4n) is 2.94. The molecule has 144 valence electrons. The van der Waals surface area contributed by atoms with Gasteiger partial charge in [-0.15, -0.1) is 24.0 Å². The van der Waals surface area contributed by atoms with Crippen molar-refractivity contribution in [1.29, 1.82) is 0 Å². The lowest BCUT2D eigenvalue weighted by atomic mass is 9.93. The van der Waals surface area contributed by atoms with Gasteiger partial charge >= 0.3 is 0 Å². The fraction of sp³-hybridized carbons (Fsp3) is 0.944. The molecule has 5 nitrogen and oxygen atoms in total. The molecule has 0 spiro atoms. The van der Waals surface area contributed by atoms with Gasteiger partial charge in [0.1, 0.15) is 0 Å². The Morgan fingerprint density at radius 1 is 1.21 bits per heavy atom. The second-order valence-electron chi connectivity index (χ2n) is 6.86. The molecule has 0 aromatic rings. The Morgan fingerprint density at radius 3 is 2.38 bits per heavy atom. The zero-order valence-electron chi connectivity index (χ0n) is 16.3. The summed E-state index contributed by atoms with van der Waals surface area (Å²) in [5.41, 5.74) is 0. The molecule has 0 amide bonds. The molecule has 1 rings (SSSR count). The van der Waals surface area contributed by atoms with Gasteiger partial charge in [-0.2, -0.15) is 0 Å². The quantitative estimate of drug-likeness (QED) is 0.206. The zero-order valence-corrected chi connectivity index (χ0v) is 18.6. The first kappa shape index (κ1) is 23.9. The van der Waals surface area contributed by atoms with Crippen LogP contribution in [0.1, 0.15) is 46.0 Å². The summed E-state index contributed by atoms with van der Waals surface area (Å²) < 4.78 is 5.66. The molecule has 6 heteroatoms. The van der Waals surface area contributed by atoms with Crippen LogP contribution in [0.25, 0.3) is 0 Å². The summed E-state index contributed by atoms with van der Waals surface area (Å²) in [4.78, 5) is 6.64. The number of likely N-dealkylation sites (N-methyl/N-ethyl adjacent to an activating group) is 1. The largest absolute Gasteiger partial charge is 0.381 e. The lowest BCUT2D eigenvalue weighted by molar-refractivity contribution is 0.123. The zero-order chi connectivity index (χ0) is 17.1. The van der Waals surface area contributed by atoms with Gasteiger partial charge in [0.05, 0.1) is 0 Å². The third-order valence-electron chi connectivity index (χ3n) is 4.77. The molecular formula is C18H39IN4O. The van der Waals surface area contributed by atoms with Crippen LogP contribution in [-0.2, 0) is 4.74 Å². The number of hydrogen-bond acceptors (Lipinski definition) is 3. The van der Waals surface area contributed by atoms with Gasteiger partial charge < -0.3 is 20.3 Å². The number of guanidine groups is 1. The Bertz CT molecular complexity index is 331. The molecule has 24 heavy (non-hydrogen) atoms. The van der Waals surface area contributed by atoms with E-state index in [-0.39, 0.29) is 24.0 Å². The number of hydrogen-bond donors (Lipinski definition) is 2. The molecule has 0 bridgehead atoms. The van der Waals surface area contributed by atoms with Crippen molar-refractivity contribution in [2.24, 2.45) is 16.8 Å². The van der Waals surface area contributed by atoms with Crippen molar-refractivity contribution in [1.82, 2.24) is 15.5 Å². The van der Waals surface area contributed by atoms with Crippen LogP contribution in [0, 0.1) is 11.8 Å². The number of rotatable bonds is 12. The summed E-state index contributed by atoms with van der Waals surface area (Å²) >= 11 is 0. The predicted molar refractivity (Wildman–Crippen MR) is 114 cm³/mol. The third-order valence-corrected chi connectivity index (χ3v) is 4.77. The Hall–Kier alpha value is -0.0800. The molecule has 0 radical (unpaired) electrons. The molecule has 1 aliphatic carbocycles. The van der Waals surface area contributed by atoms with Gasteiger partial charge in [0.15, 0.2) is 5.96 Å². The van der Waals surface area contributed by atoms with Gasteiger partial charge in [0, 0.05) is 39.4 Å². The third kappa shape index (κ3) is 10.0. The highest BCUT2D eigenvalue weighted by atomic mass is 127. The van der Waals surface area contributed by atoms with Gasteiger partial charge in [-0.3, -0.25) is 4.99 Å². The first-order valence-corrected chi connectivity index (χ1v) is 9.30. The number of aliphatic imine (C=N–C) groups is 1. The Morgan fingerprint density at radius 2 is 1.88 bits per heavy atom. The summed E-state index contributed by atoms with van der Waals surface area (Å²) in [5, 5.41) is 6.86. The molecule has 0 heterocycles. The molecule has 1 fully saturated rings. The van der Waals surface area contributed by atoms with Crippen molar-refractivity contribution in [2.75, 3.05) is 47.4 Å². The molecule has 0 aromatic heterocycles. The predicted octanol–water partition coefficient (Wildman–Crippen LogP) is 2.95. The maximum absolute atomic E-state index is 5.66. The van der Waals surface area contributed by atoms with Crippen molar-refractivity contribution in [2.45, 2.75) is 52.0 Å². The molecule has 1 saturated carbocycles. The van der Waals surface area contributed by atoms with E-state index >= 15 is 0 Å². The van der Waals surface area contributed by atoms with E-state index in [0.717, 1.165) is 44.6 Å². The Balaban J connectivity index is 0.00000529. The summed E-state index contributed by atoms with van der Waals surface area (Å²) in [6.45, 7) is 8.18. The van der Waals surface area contributed by atoms with Crippen molar-refractivity contribution < 1.29 is 4.74 Å². The van der Waals surface area contributed by atoms with Gasteiger partial charge in [-0.1, -0.05) is 26.7 Å². The van der Waals surface area contributed by atoms with E-state index in [2.05, 4.69) is 48.5 Å². The molecule has 2 N–H and O–H groups in total. The first-order valence-electron chi connectivity index (χ1n) is 9.30. The average Bonchev–Trinajstić information content (AvgIpc) is 3.36. The molecule has 0 saturated heterocycles. The fourth-order valence-corrected chi connectivity index (χ4v) is 2.94. The standard InChI is InChI=1S/C18H38N4O.HI/c1-6-16(7-2)17(22(4)5)13-21-18(19-3)20-11-8-12-23-14-15-9-10-15;/h15-17H,6-14H2,1-5H3,(H2,19,20,21);1H. The number of nitrogens with one attached hydrogen (secondary N) is 2. The van der Waals surface area contributed by atoms with Gasteiger partial charge in [0.2, 0.25) is 0 Å². The first-order chi connectivity index (χ1) is 11.1. The minimum Gasteiger partial charge on any atom is -0.381 e. The van der Waals surface area contributed by atoms with Crippen LogP contribution in [0.4, 0.5) is 0 Å². The second-order valence-corrected chi connectivity index (χ2v) is 6.86. The summed E-state index contributed by atoms with van der Waals surface area (Å²) in [5.74, 6) is 2.46. The van der Waals surface area contributed by atoms with Crippen LogP contribution in [0.3, 0.4) is 0 Å². The number of nitrogens with zero attached hydrogens (tertiary/aromatic N) is 2. The highest BCUT2D eigenvalue weighted by Gasteiger charge is 2.21. The van der Waals surface area contributed by atoms with Crippen molar-refractivity contribution in [3.8, 4) is 0 Å². The summed E-state index contributed by atoms with van der Waals surface area (Å²) in [6.07, 6.45) is 6.17. The highest BCUT2D eigenvalue weighted by molar-refractivity contribution is 14.0. The lowest BCUT2D eigenvalue weighted by Gasteiger charge is -2.32. The number of ether oxygens (including phenoxy) is 1. The number of halogens is 1. The summed E-state index contributed by atoms with van der Waals surface area (Å²) in [7, 11) is 6.16. The molecule has 1 aliphatic rings. The maximum atomic E-state index is 5.66. The summed E-state index contributed by atoms with van der Waals surface area (Å²) in [6, 6.07) is 0.533. The SMILES string of the molecule is CCC(CC)C(CNC(=NC)NCCCOCC1CC1)N(C)C.I.